The predicted molar refractivity (Wildman–Crippen MR) is 79.5 cm³/mol. The van der Waals surface area contributed by atoms with Crippen LogP contribution in [0, 0.1) is 0 Å². The van der Waals surface area contributed by atoms with Crippen molar-refractivity contribution in [2.24, 2.45) is 7.05 Å². The molecule has 0 aromatic carbocycles. The van der Waals surface area contributed by atoms with Crippen LogP contribution in [0.4, 0.5) is 0 Å². The van der Waals surface area contributed by atoms with E-state index in [9.17, 15) is 18.3 Å². The van der Waals surface area contributed by atoms with Gasteiger partial charge in [0.25, 0.3) is 5.91 Å². The normalized spacial score (nSPS) is 14.7. The van der Waals surface area contributed by atoms with E-state index < -0.39 is 21.5 Å². The van der Waals surface area contributed by atoms with Crippen LogP contribution in [0.25, 0.3) is 0 Å². The van der Waals surface area contributed by atoms with Crippen molar-refractivity contribution >= 4 is 15.9 Å². The molecule has 0 spiro atoms. The van der Waals surface area contributed by atoms with Gasteiger partial charge < -0.3 is 15.0 Å². The molecule has 0 saturated heterocycles. The first-order valence-electron chi connectivity index (χ1n) is 6.73. The van der Waals surface area contributed by atoms with Gasteiger partial charge in [-0.15, -0.1) is 0 Å². The molecule has 0 bridgehead atoms. The SMILES string of the molecule is CCCC(C)(O)CNC(=O)c1cc(S(=O)(=O)NC)cn1C. The predicted octanol–water partition coefficient (Wildman–Crippen LogP) is 0.214. The highest BCUT2D eigenvalue weighted by Crippen LogP contribution is 2.14. The van der Waals surface area contributed by atoms with Gasteiger partial charge in [-0.1, -0.05) is 13.3 Å². The molecule has 0 aliphatic carbocycles. The van der Waals surface area contributed by atoms with Gasteiger partial charge >= 0.3 is 0 Å². The van der Waals surface area contributed by atoms with Crippen LogP contribution in [0.3, 0.4) is 0 Å². The average molecular weight is 317 g/mol. The van der Waals surface area contributed by atoms with Crippen LogP contribution in [0.15, 0.2) is 17.2 Å². The second-order valence-electron chi connectivity index (χ2n) is 5.31. The van der Waals surface area contributed by atoms with E-state index in [1.807, 2.05) is 6.92 Å². The topological polar surface area (TPSA) is 100 Å². The van der Waals surface area contributed by atoms with Gasteiger partial charge in [0.2, 0.25) is 10.0 Å². The number of carbonyl (C=O) groups is 1. The molecule has 7 nitrogen and oxygen atoms in total. The van der Waals surface area contributed by atoms with Gasteiger partial charge in [-0.3, -0.25) is 4.79 Å². The molecule has 0 fully saturated rings. The molecule has 0 aliphatic rings. The third kappa shape index (κ3) is 4.55. The summed E-state index contributed by atoms with van der Waals surface area (Å²) in [6, 6.07) is 1.30. The second-order valence-corrected chi connectivity index (χ2v) is 7.20. The lowest BCUT2D eigenvalue weighted by Gasteiger charge is -2.22. The number of aryl methyl sites for hydroxylation is 1. The highest BCUT2D eigenvalue weighted by molar-refractivity contribution is 7.89. The monoisotopic (exact) mass is 317 g/mol. The average Bonchev–Trinajstić information content (AvgIpc) is 2.79. The fourth-order valence-corrected chi connectivity index (χ4v) is 2.81. The Hall–Kier alpha value is -1.38. The minimum atomic E-state index is -3.59. The number of hydrogen-bond donors (Lipinski definition) is 3. The maximum Gasteiger partial charge on any atom is 0.268 e. The van der Waals surface area contributed by atoms with E-state index in [2.05, 4.69) is 10.0 Å². The van der Waals surface area contributed by atoms with Gasteiger partial charge in [0.15, 0.2) is 0 Å². The Kier molecular flexibility index (Phi) is 5.54. The Morgan fingerprint density at radius 2 is 2.10 bits per heavy atom. The lowest BCUT2D eigenvalue weighted by atomic mass is 10.0. The van der Waals surface area contributed by atoms with Gasteiger partial charge in [0.05, 0.1) is 5.60 Å². The summed E-state index contributed by atoms with van der Waals surface area (Å²) in [4.78, 5) is 12.1. The largest absolute Gasteiger partial charge is 0.388 e. The first kappa shape index (κ1) is 17.7. The lowest BCUT2D eigenvalue weighted by Crippen LogP contribution is -2.40. The van der Waals surface area contributed by atoms with E-state index in [-0.39, 0.29) is 17.1 Å². The summed E-state index contributed by atoms with van der Waals surface area (Å²) in [5, 5.41) is 12.6. The molecule has 1 aromatic rings. The summed E-state index contributed by atoms with van der Waals surface area (Å²) in [6.45, 7) is 3.71. The van der Waals surface area contributed by atoms with Crippen molar-refractivity contribution in [2.75, 3.05) is 13.6 Å². The molecule has 1 aromatic heterocycles. The summed E-state index contributed by atoms with van der Waals surface area (Å²) in [6.07, 6.45) is 2.74. The fourth-order valence-electron chi connectivity index (χ4n) is 2.01. The minimum Gasteiger partial charge on any atom is -0.388 e. The second kappa shape index (κ2) is 6.59. The molecule has 1 rings (SSSR count). The fraction of sp³-hybridized carbons (Fsp3) is 0.615. The first-order valence-corrected chi connectivity index (χ1v) is 8.22. The van der Waals surface area contributed by atoms with Crippen LogP contribution in [-0.4, -0.2) is 43.2 Å². The molecule has 120 valence electrons. The molecule has 3 N–H and O–H groups in total. The molecule has 0 radical (unpaired) electrons. The number of sulfonamides is 1. The molecule has 0 aliphatic heterocycles. The molecular formula is C13H23N3O4S. The number of hydrogen-bond acceptors (Lipinski definition) is 4. The van der Waals surface area contributed by atoms with E-state index in [4.69, 9.17) is 0 Å². The van der Waals surface area contributed by atoms with Crippen LogP contribution in [0.2, 0.25) is 0 Å². The van der Waals surface area contributed by atoms with E-state index in [1.54, 1.807) is 14.0 Å². The Morgan fingerprint density at radius 1 is 1.48 bits per heavy atom. The Morgan fingerprint density at radius 3 is 2.62 bits per heavy atom. The van der Waals surface area contributed by atoms with Crippen LogP contribution < -0.4 is 10.0 Å². The smallest absolute Gasteiger partial charge is 0.268 e. The Bertz CT molecular complexity index is 605. The number of amides is 1. The van der Waals surface area contributed by atoms with Crippen molar-refractivity contribution in [2.45, 2.75) is 37.2 Å². The maximum atomic E-state index is 12.1. The zero-order valence-corrected chi connectivity index (χ0v) is 13.6. The number of nitrogens with one attached hydrogen (secondary N) is 2. The molecule has 0 saturated carbocycles. The summed E-state index contributed by atoms with van der Waals surface area (Å²) in [7, 11) is -0.685. The maximum absolute atomic E-state index is 12.1. The molecule has 1 heterocycles. The van der Waals surface area contributed by atoms with Crippen LogP contribution in [0.5, 0.6) is 0 Å². The lowest BCUT2D eigenvalue weighted by molar-refractivity contribution is 0.0467. The van der Waals surface area contributed by atoms with Gasteiger partial charge in [-0.25, -0.2) is 13.1 Å². The van der Waals surface area contributed by atoms with E-state index >= 15 is 0 Å². The quantitative estimate of drug-likeness (QED) is 0.669. The summed E-state index contributed by atoms with van der Waals surface area (Å²) in [5.41, 5.74) is -0.758. The van der Waals surface area contributed by atoms with Crippen molar-refractivity contribution < 1.29 is 18.3 Å². The van der Waals surface area contributed by atoms with Gasteiger partial charge in [0, 0.05) is 19.8 Å². The van der Waals surface area contributed by atoms with Crippen LogP contribution in [-0.2, 0) is 17.1 Å². The molecular weight excluding hydrogens is 294 g/mol. The third-order valence-electron chi connectivity index (χ3n) is 3.21. The van der Waals surface area contributed by atoms with Crippen molar-refractivity contribution in [3.05, 3.63) is 18.0 Å². The molecule has 1 unspecified atom stereocenters. The number of nitrogens with zero attached hydrogens (tertiary/aromatic N) is 1. The number of aliphatic hydroxyl groups is 1. The van der Waals surface area contributed by atoms with Gasteiger partial charge in [-0.2, -0.15) is 0 Å². The summed E-state index contributed by atoms with van der Waals surface area (Å²) >= 11 is 0. The van der Waals surface area contributed by atoms with Crippen molar-refractivity contribution in [1.82, 2.24) is 14.6 Å². The van der Waals surface area contributed by atoms with Gasteiger partial charge in [-0.05, 0) is 26.5 Å². The van der Waals surface area contributed by atoms with Crippen LogP contribution in [0.1, 0.15) is 37.2 Å². The molecule has 1 atom stereocenters. The van der Waals surface area contributed by atoms with E-state index in [0.29, 0.717) is 6.42 Å². The van der Waals surface area contributed by atoms with Crippen molar-refractivity contribution in [1.29, 1.82) is 0 Å². The highest BCUT2D eigenvalue weighted by Gasteiger charge is 2.23. The Balaban J connectivity index is 2.85. The number of rotatable bonds is 7. The van der Waals surface area contributed by atoms with Gasteiger partial charge in [0.1, 0.15) is 10.6 Å². The van der Waals surface area contributed by atoms with Crippen molar-refractivity contribution in [3.63, 3.8) is 0 Å². The van der Waals surface area contributed by atoms with E-state index in [0.717, 1.165) is 6.42 Å². The zero-order valence-electron chi connectivity index (χ0n) is 12.8. The molecule has 1 amide bonds. The minimum absolute atomic E-state index is 0.0259. The van der Waals surface area contributed by atoms with E-state index in [1.165, 1.54) is 23.9 Å². The summed E-state index contributed by atoms with van der Waals surface area (Å²) in [5.74, 6) is -0.425. The summed E-state index contributed by atoms with van der Waals surface area (Å²) < 4.78 is 27.0. The van der Waals surface area contributed by atoms with Crippen LogP contribution >= 0.6 is 0 Å². The standard InChI is InChI=1S/C13H23N3O4S/c1-5-6-13(2,18)9-15-12(17)11-7-10(8-16(11)4)21(19,20)14-3/h7-8,14,18H,5-6,9H2,1-4H3,(H,15,17). The molecule has 21 heavy (non-hydrogen) atoms. The number of aromatic nitrogens is 1. The number of carbonyl (C=O) groups excluding carboxylic acids is 1. The highest BCUT2D eigenvalue weighted by atomic mass is 32.2. The Labute approximate surface area is 125 Å². The zero-order chi connectivity index (χ0) is 16.3. The third-order valence-corrected chi connectivity index (χ3v) is 4.59. The first-order chi connectivity index (χ1) is 9.63. The van der Waals surface area contributed by atoms with Crippen molar-refractivity contribution in [3.8, 4) is 0 Å². The molecule has 8 heteroatoms.